The van der Waals surface area contributed by atoms with Crippen molar-refractivity contribution in [2.24, 2.45) is 0 Å². The van der Waals surface area contributed by atoms with E-state index in [-0.39, 0.29) is 17.5 Å². The van der Waals surface area contributed by atoms with Crippen LogP contribution in [-0.2, 0) is 10.2 Å². The molecule has 4 heteroatoms. The van der Waals surface area contributed by atoms with Gasteiger partial charge in [0.1, 0.15) is 6.10 Å². The topological polar surface area (TPSA) is 78.3 Å². The van der Waals surface area contributed by atoms with Crippen LogP contribution in [0.15, 0.2) is 12.1 Å². The molecule has 4 N–H and O–H groups in total. The highest BCUT2D eigenvalue weighted by atomic mass is 16.5. The standard InChI is InChI=1S/C18H28N2O2/c1-4-9-18(2,3)16-14(19)10-12(11-15(16)20)17(21)22-13-7-5-6-8-13/h10-11,13H,4-9,19-20H2,1-3H3. The Labute approximate surface area is 133 Å². The predicted octanol–water partition coefficient (Wildman–Crippen LogP) is 4.03. The number of carbonyl (C=O) groups is 1. The zero-order valence-corrected chi connectivity index (χ0v) is 13.9. The molecule has 0 bridgehead atoms. The zero-order valence-electron chi connectivity index (χ0n) is 13.9. The molecule has 0 atom stereocenters. The summed E-state index contributed by atoms with van der Waals surface area (Å²) in [6.07, 6.45) is 6.27. The van der Waals surface area contributed by atoms with Crippen molar-refractivity contribution in [1.82, 2.24) is 0 Å². The number of nitrogens with two attached hydrogens (primary N) is 2. The molecule has 1 fully saturated rings. The third-order valence-electron chi connectivity index (χ3n) is 4.56. The normalized spacial score (nSPS) is 16.0. The molecule has 1 aliphatic rings. The third kappa shape index (κ3) is 3.54. The molecular formula is C18H28N2O2. The number of anilines is 2. The number of rotatable bonds is 5. The Bertz CT molecular complexity index is 523. The van der Waals surface area contributed by atoms with Crippen molar-refractivity contribution < 1.29 is 9.53 Å². The van der Waals surface area contributed by atoms with Gasteiger partial charge < -0.3 is 16.2 Å². The molecule has 0 aromatic heterocycles. The van der Waals surface area contributed by atoms with Crippen LogP contribution in [0.25, 0.3) is 0 Å². The van der Waals surface area contributed by atoms with Crippen LogP contribution in [0.4, 0.5) is 11.4 Å². The van der Waals surface area contributed by atoms with Crippen LogP contribution in [0, 0.1) is 0 Å². The van der Waals surface area contributed by atoms with Gasteiger partial charge in [0.2, 0.25) is 0 Å². The molecule has 0 heterocycles. The third-order valence-corrected chi connectivity index (χ3v) is 4.56. The van der Waals surface area contributed by atoms with Crippen LogP contribution >= 0.6 is 0 Å². The quantitative estimate of drug-likeness (QED) is 0.636. The number of hydrogen-bond acceptors (Lipinski definition) is 4. The Balaban J connectivity index is 2.23. The minimum atomic E-state index is -0.315. The van der Waals surface area contributed by atoms with Gasteiger partial charge in [0.05, 0.1) is 5.56 Å². The molecule has 0 saturated heterocycles. The molecule has 122 valence electrons. The van der Waals surface area contributed by atoms with Gasteiger partial charge in [0.15, 0.2) is 0 Å². The maximum absolute atomic E-state index is 12.3. The molecule has 4 nitrogen and oxygen atoms in total. The fourth-order valence-electron chi connectivity index (χ4n) is 3.56. The molecule has 22 heavy (non-hydrogen) atoms. The highest BCUT2D eigenvalue weighted by molar-refractivity contribution is 5.92. The second kappa shape index (κ2) is 6.59. The number of carbonyl (C=O) groups excluding carboxylic acids is 1. The van der Waals surface area contributed by atoms with E-state index >= 15 is 0 Å². The Morgan fingerprint density at radius 2 is 1.77 bits per heavy atom. The number of ether oxygens (including phenoxy) is 1. The van der Waals surface area contributed by atoms with E-state index in [4.69, 9.17) is 16.2 Å². The van der Waals surface area contributed by atoms with Gasteiger partial charge in [-0.3, -0.25) is 0 Å². The van der Waals surface area contributed by atoms with Gasteiger partial charge in [0, 0.05) is 16.9 Å². The summed E-state index contributed by atoms with van der Waals surface area (Å²) in [5, 5.41) is 0. The van der Waals surface area contributed by atoms with E-state index < -0.39 is 0 Å². The van der Waals surface area contributed by atoms with Crippen molar-refractivity contribution in [2.75, 3.05) is 11.5 Å². The van der Waals surface area contributed by atoms with E-state index in [0.717, 1.165) is 44.1 Å². The van der Waals surface area contributed by atoms with Crippen LogP contribution in [-0.4, -0.2) is 12.1 Å². The fourth-order valence-corrected chi connectivity index (χ4v) is 3.56. The summed E-state index contributed by atoms with van der Waals surface area (Å²) in [5.41, 5.74) is 14.8. The first-order valence-electron chi connectivity index (χ1n) is 8.25. The second-order valence-corrected chi connectivity index (χ2v) is 6.98. The van der Waals surface area contributed by atoms with Gasteiger partial charge in [-0.15, -0.1) is 0 Å². The van der Waals surface area contributed by atoms with Crippen molar-refractivity contribution in [2.45, 2.75) is 70.8 Å². The number of benzene rings is 1. The molecule has 1 aliphatic carbocycles. The summed E-state index contributed by atoms with van der Waals surface area (Å²) in [7, 11) is 0. The van der Waals surface area contributed by atoms with Crippen LogP contribution in [0.5, 0.6) is 0 Å². The van der Waals surface area contributed by atoms with Crippen molar-refractivity contribution in [3.05, 3.63) is 23.3 Å². The van der Waals surface area contributed by atoms with Gasteiger partial charge in [0.25, 0.3) is 0 Å². The summed E-state index contributed by atoms with van der Waals surface area (Å²) in [6.45, 7) is 6.41. The van der Waals surface area contributed by atoms with Crippen LogP contribution in [0.1, 0.15) is 75.2 Å². The Kier molecular flexibility index (Phi) is 4.99. The van der Waals surface area contributed by atoms with E-state index in [1.165, 1.54) is 0 Å². The highest BCUT2D eigenvalue weighted by Gasteiger charge is 2.27. The molecule has 1 saturated carbocycles. The second-order valence-electron chi connectivity index (χ2n) is 6.98. The SMILES string of the molecule is CCCC(C)(C)c1c(N)cc(C(=O)OC2CCCC2)cc1N. The van der Waals surface area contributed by atoms with E-state index in [9.17, 15) is 4.79 Å². The van der Waals surface area contributed by atoms with Gasteiger partial charge in [-0.05, 0) is 49.7 Å². The lowest BCUT2D eigenvalue weighted by atomic mass is 9.78. The van der Waals surface area contributed by atoms with Crippen molar-refractivity contribution >= 4 is 17.3 Å². The molecule has 2 rings (SSSR count). The smallest absolute Gasteiger partial charge is 0.338 e. The summed E-state index contributed by atoms with van der Waals surface area (Å²) in [6, 6.07) is 3.42. The highest BCUT2D eigenvalue weighted by Crippen LogP contribution is 2.37. The monoisotopic (exact) mass is 304 g/mol. The van der Waals surface area contributed by atoms with E-state index in [2.05, 4.69) is 20.8 Å². The van der Waals surface area contributed by atoms with Gasteiger partial charge in [-0.1, -0.05) is 27.2 Å². The maximum Gasteiger partial charge on any atom is 0.338 e. The lowest BCUT2D eigenvalue weighted by Gasteiger charge is -2.28. The first kappa shape index (κ1) is 16.7. The zero-order chi connectivity index (χ0) is 16.3. The van der Waals surface area contributed by atoms with Crippen molar-refractivity contribution in [3.8, 4) is 0 Å². The molecule has 1 aromatic rings. The lowest BCUT2D eigenvalue weighted by molar-refractivity contribution is 0.0318. The summed E-state index contributed by atoms with van der Waals surface area (Å²) in [4.78, 5) is 12.3. The molecule has 0 aliphatic heterocycles. The Morgan fingerprint density at radius 1 is 1.23 bits per heavy atom. The molecule has 1 aromatic carbocycles. The predicted molar refractivity (Wildman–Crippen MR) is 90.9 cm³/mol. The lowest BCUT2D eigenvalue weighted by Crippen LogP contribution is -2.22. The number of esters is 1. The largest absolute Gasteiger partial charge is 0.459 e. The van der Waals surface area contributed by atoms with Crippen molar-refractivity contribution in [3.63, 3.8) is 0 Å². The minimum Gasteiger partial charge on any atom is -0.459 e. The number of nitrogen functional groups attached to an aromatic ring is 2. The average molecular weight is 304 g/mol. The van der Waals surface area contributed by atoms with Gasteiger partial charge in [-0.2, -0.15) is 0 Å². The van der Waals surface area contributed by atoms with E-state index in [1.54, 1.807) is 12.1 Å². The summed E-state index contributed by atoms with van der Waals surface area (Å²) in [5.74, 6) is -0.315. The van der Waals surface area contributed by atoms with Crippen LogP contribution in [0.2, 0.25) is 0 Å². The van der Waals surface area contributed by atoms with Gasteiger partial charge >= 0.3 is 5.97 Å². The summed E-state index contributed by atoms with van der Waals surface area (Å²) >= 11 is 0. The molecule has 0 radical (unpaired) electrons. The first-order chi connectivity index (χ1) is 10.3. The van der Waals surface area contributed by atoms with Crippen LogP contribution < -0.4 is 11.5 Å². The van der Waals surface area contributed by atoms with Gasteiger partial charge in [-0.25, -0.2) is 4.79 Å². The van der Waals surface area contributed by atoms with Crippen LogP contribution in [0.3, 0.4) is 0 Å². The number of hydrogen-bond donors (Lipinski definition) is 2. The first-order valence-corrected chi connectivity index (χ1v) is 8.25. The van der Waals surface area contributed by atoms with E-state index in [1.807, 2.05) is 0 Å². The molecular weight excluding hydrogens is 276 g/mol. The molecule has 0 unspecified atom stereocenters. The maximum atomic E-state index is 12.3. The van der Waals surface area contributed by atoms with Crippen molar-refractivity contribution in [1.29, 1.82) is 0 Å². The molecule has 0 amide bonds. The molecule has 0 spiro atoms. The van der Waals surface area contributed by atoms with E-state index in [0.29, 0.717) is 16.9 Å². The fraction of sp³-hybridized carbons (Fsp3) is 0.611. The Hall–Kier alpha value is -1.71. The Morgan fingerprint density at radius 3 is 2.27 bits per heavy atom. The average Bonchev–Trinajstić information content (AvgIpc) is 2.90. The minimum absolute atomic E-state index is 0.0474. The summed E-state index contributed by atoms with van der Waals surface area (Å²) < 4.78 is 5.53.